The summed E-state index contributed by atoms with van der Waals surface area (Å²) in [5, 5.41) is 9.03. The quantitative estimate of drug-likeness (QED) is 0.847. The molecule has 1 aliphatic rings. The zero-order valence-corrected chi connectivity index (χ0v) is 10.5. The Hall–Kier alpha value is -0.810. The van der Waals surface area contributed by atoms with Gasteiger partial charge in [-0.05, 0) is 17.7 Å². The van der Waals surface area contributed by atoms with Gasteiger partial charge in [0.15, 0.2) is 0 Å². The number of nitrogens with two attached hydrogens (primary N) is 1. The number of morpholine rings is 1. The first-order chi connectivity index (χ1) is 7.81. The minimum absolute atomic E-state index is 0. The highest BCUT2D eigenvalue weighted by Crippen LogP contribution is 2.20. The first kappa shape index (κ1) is 14.3. The molecule has 1 aliphatic heterocycles. The Balaban J connectivity index is 0.00000144. The van der Waals surface area contributed by atoms with Crippen LogP contribution in [0.4, 0.5) is 5.69 Å². The van der Waals surface area contributed by atoms with Crippen molar-refractivity contribution in [2.45, 2.75) is 6.04 Å². The summed E-state index contributed by atoms with van der Waals surface area (Å²) in [4.78, 5) is 2.27. The molecule has 1 heterocycles. The molecule has 17 heavy (non-hydrogen) atoms. The summed E-state index contributed by atoms with van der Waals surface area (Å²) in [6.07, 6.45) is 0. The highest BCUT2D eigenvalue weighted by Gasteiger charge is 2.12. The number of aliphatic hydroxyl groups excluding tert-OH is 1. The summed E-state index contributed by atoms with van der Waals surface area (Å²) in [6.45, 7) is 3.36. The summed E-state index contributed by atoms with van der Waals surface area (Å²) < 4.78 is 5.31. The van der Waals surface area contributed by atoms with Gasteiger partial charge in [0, 0.05) is 18.8 Å². The second-order valence-corrected chi connectivity index (χ2v) is 3.98. The Labute approximate surface area is 108 Å². The minimum Gasteiger partial charge on any atom is -0.394 e. The van der Waals surface area contributed by atoms with E-state index in [1.807, 2.05) is 18.2 Å². The van der Waals surface area contributed by atoms with E-state index in [1.165, 1.54) is 0 Å². The largest absolute Gasteiger partial charge is 0.394 e. The number of rotatable bonds is 3. The number of hydrogen-bond donors (Lipinski definition) is 2. The molecule has 5 heteroatoms. The zero-order chi connectivity index (χ0) is 11.4. The van der Waals surface area contributed by atoms with Gasteiger partial charge in [-0.25, -0.2) is 0 Å². The van der Waals surface area contributed by atoms with Crippen LogP contribution in [0.1, 0.15) is 11.6 Å². The Morgan fingerprint density at radius 1 is 1.35 bits per heavy atom. The third kappa shape index (κ3) is 3.57. The molecular weight excluding hydrogens is 240 g/mol. The summed E-state index contributed by atoms with van der Waals surface area (Å²) >= 11 is 0. The number of benzene rings is 1. The third-order valence-corrected chi connectivity index (χ3v) is 2.87. The smallest absolute Gasteiger partial charge is 0.0642 e. The summed E-state index contributed by atoms with van der Waals surface area (Å²) in [5.41, 5.74) is 7.93. The average Bonchev–Trinajstić information content (AvgIpc) is 2.39. The van der Waals surface area contributed by atoms with Crippen molar-refractivity contribution in [3.8, 4) is 0 Å². The highest BCUT2D eigenvalue weighted by atomic mass is 35.5. The van der Waals surface area contributed by atoms with E-state index < -0.39 is 0 Å². The predicted octanol–water partition coefficient (Wildman–Crippen LogP) is 0.937. The van der Waals surface area contributed by atoms with Crippen molar-refractivity contribution in [1.29, 1.82) is 0 Å². The highest BCUT2D eigenvalue weighted by molar-refractivity contribution is 5.85. The molecule has 1 fully saturated rings. The van der Waals surface area contributed by atoms with Gasteiger partial charge in [0.05, 0.1) is 25.9 Å². The fourth-order valence-corrected chi connectivity index (χ4v) is 1.88. The predicted molar refractivity (Wildman–Crippen MR) is 70.7 cm³/mol. The van der Waals surface area contributed by atoms with Gasteiger partial charge in [-0.3, -0.25) is 0 Å². The molecule has 0 radical (unpaired) electrons. The van der Waals surface area contributed by atoms with Crippen LogP contribution in [0.2, 0.25) is 0 Å². The molecule has 0 spiro atoms. The van der Waals surface area contributed by atoms with E-state index >= 15 is 0 Å². The van der Waals surface area contributed by atoms with Crippen molar-refractivity contribution in [3.05, 3.63) is 29.8 Å². The lowest BCUT2D eigenvalue weighted by Gasteiger charge is -2.29. The van der Waals surface area contributed by atoms with Crippen LogP contribution < -0.4 is 10.6 Å². The number of halogens is 1. The molecule has 0 aliphatic carbocycles. The van der Waals surface area contributed by atoms with Gasteiger partial charge in [0.2, 0.25) is 0 Å². The van der Waals surface area contributed by atoms with Crippen molar-refractivity contribution in [2.24, 2.45) is 5.73 Å². The van der Waals surface area contributed by atoms with Gasteiger partial charge < -0.3 is 20.5 Å². The van der Waals surface area contributed by atoms with Crippen LogP contribution in [0.25, 0.3) is 0 Å². The van der Waals surface area contributed by atoms with Crippen LogP contribution in [0.15, 0.2) is 24.3 Å². The van der Waals surface area contributed by atoms with Crippen LogP contribution in [-0.4, -0.2) is 38.0 Å². The molecule has 0 saturated carbocycles. The molecule has 96 valence electrons. The van der Waals surface area contributed by atoms with Crippen LogP contribution in [0, 0.1) is 0 Å². The molecule has 0 aromatic heterocycles. The number of aliphatic hydroxyl groups is 1. The molecule has 3 N–H and O–H groups in total. The molecule has 0 unspecified atom stereocenters. The zero-order valence-electron chi connectivity index (χ0n) is 9.71. The van der Waals surface area contributed by atoms with Crippen LogP contribution in [-0.2, 0) is 4.74 Å². The van der Waals surface area contributed by atoms with Crippen molar-refractivity contribution in [1.82, 2.24) is 0 Å². The Kier molecular flexibility index (Phi) is 5.71. The van der Waals surface area contributed by atoms with E-state index in [2.05, 4.69) is 11.0 Å². The maximum Gasteiger partial charge on any atom is 0.0642 e. The molecule has 0 bridgehead atoms. The molecule has 0 amide bonds. The van der Waals surface area contributed by atoms with Crippen molar-refractivity contribution >= 4 is 18.1 Å². The van der Waals surface area contributed by atoms with E-state index in [0.29, 0.717) is 0 Å². The summed E-state index contributed by atoms with van der Waals surface area (Å²) in [7, 11) is 0. The Morgan fingerprint density at radius 3 is 2.71 bits per heavy atom. The number of nitrogens with zero attached hydrogens (tertiary/aromatic N) is 1. The summed E-state index contributed by atoms with van der Waals surface area (Å²) in [6, 6.07) is 7.76. The molecule has 1 saturated heterocycles. The van der Waals surface area contributed by atoms with Crippen LogP contribution in [0.3, 0.4) is 0 Å². The van der Waals surface area contributed by atoms with Crippen LogP contribution >= 0.6 is 12.4 Å². The van der Waals surface area contributed by atoms with Crippen LogP contribution in [0.5, 0.6) is 0 Å². The van der Waals surface area contributed by atoms with Crippen molar-refractivity contribution < 1.29 is 9.84 Å². The van der Waals surface area contributed by atoms with Crippen molar-refractivity contribution in [2.75, 3.05) is 37.8 Å². The first-order valence-electron chi connectivity index (χ1n) is 5.60. The molecule has 1 aromatic rings. The maximum atomic E-state index is 9.03. The van der Waals surface area contributed by atoms with E-state index in [9.17, 15) is 0 Å². The second-order valence-electron chi connectivity index (χ2n) is 3.98. The normalized spacial score (nSPS) is 17.4. The van der Waals surface area contributed by atoms with E-state index in [0.717, 1.165) is 37.6 Å². The van der Waals surface area contributed by atoms with Crippen molar-refractivity contribution in [3.63, 3.8) is 0 Å². The van der Waals surface area contributed by atoms with Gasteiger partial charge in [0.1, 0.15) is 0 Å². The van der Waals surface area contributed by atoms with Gasteiger partial charge >= 0.3 is 0 Å². The lowest BCUT2D eigenvalue weighted by atomic mass is 10.1. The number of anilines is 1. The molecule has 1 atom stereocenters. The van der Waals surface area contributed by atoms with E-state index in [-0.39, 0.29) is 25.1 Å². The fourth-order valence-electron chi connectivity index (χ4n) is 1.88. The number of ether oxygens (including phenoxy) is 1. The Bertz CT molecular complexity index is 343. The lowest BCUT2D eigenvalue weighted by molar-refractivity contribution is 0.122. The lowest BCUT2D eigenvalue weighted by Crippen LogP contribution is -2.36. The molecule has 1 aromatic carbocycles. The average molecular weight is 259 g/mol. The molecule has 4 nitrogen and oxygen atoms in total. The SMILES string of the molecule is Cl.N[C@@H](CO)c1cccc(N2CCOCC2)c1. The van der Waals surface area contributed by atoms with Gasteiger partial charge in [-0.15, -0.1) is 12.4 Å². The summed E-state index contributed by atoms with van der Waals surface area (Å²) in [5.74, 6) is 0. The molecular formula is C12H19ClN2O2. The standard InChI is InChI=1S/C12H18N2O2.ClH/c13-12(9-15)10-2-1-3-11(8-10)14-4-6-16-7-5-14;/h1-3,8,12,15H,4-7,9,13H2;1H/t12-;/m0./s1. The van der Waals surface area contributed by atoms with Gasteiger partial charge in [-0.1, -0.05) is 12.1 Å². The monoisotopic (exact) mass is 258 g/mol. The first-order valence-corrected chi connectivity index (χ1v) is 5.60. The Morgan fingerprint density at radius 2 is 2.06 bits per heavy atom. The minimum atomic E-state index is -0.291. The third-order valence-electron chi connectivity index (χ3n) is 2.87. The van der Waals surface area contributed by atoms with E-state index in [1.54, 1.807) is 0 Å². The van der Waals surface area contributed by atoms with Gasteiger partial charge in [0.25, 0.3) is 0 Å². The number of hydrogen-bond acceptors (Lipinski definition) is 4. The maximum absolute atomic E-state index is 9.03. The topological polar surface area (TPSA) is 58.7 Å². The molecule has 2 rings (SSSR count). The van der Waals surface area contributed by atoms with Gasteiger partial charge in [-0.2, -0.15) is 0 Å². The van der Waals surface area contributed by atoms with E-state index in [4.69, 9.17) is 15.6 Å². The second kappa shape index (κ2) is 6.81. The fraction of sp³-hybridized carbons (Fsp3) is 0.500.